The Kier molecular flexibility index (Phi) is 4.21. The van der Waals surface area contributed by atoms with Gasteiger partial charge in [-0.15, -0.1) is 11.3 Å². The second kappa shape index (κ2) is 6.49. The summed E-state index contributed by atoms with van der Waals surface area (Å²) in [5, 5.41) is 0. The summed E-state index contributed by atoms with van der Waals surface area (Å²) in [6.07, 6.45) is 6.84. The Hall–Kier alpha value is -1.98. The third-order valence-corrected chi connectivity index (χ3v) is 5.69. The molecule has 1 atom stereocenters. The van der Waals surface area contributed by atoms with Crippen LogP contribution >= 0.6 is 11.3 Å². The maximum atomic E-state index is 4.66. The van der Waals surface area contributed by atoms with Crippen LogP contribution in [0.25, 0.3) is 11.4 Å². The van der Waals surface area contributed by atoms with Crippen LogP contribution in [-0.4, -0.2) is 32.5 Å². The highest BCUT2D eigenvalue weighted by Gasteiger charge is 2.27. The van der Waals surface area contributed by atoms with Crippen LogP contribution in [0.1, 0.15) is 27.9 Å². The summed E-state index contributed by atoms with van der Waals surface area (Å²) in [7, 11) is 0. The summed E-state index contributed by atoms with van der Waals surface area (Å²) >= 11 is 1.91. The third kappa shape index (κ3) is 3.01. The molecule has 0 N–H and O–H groups in total. The van der Waals surface area contributed by atoms with Gasteiger partial charge in [-0.1, -0.05) is 0 Å². The molecule has 0 radical (unpaired) electrons. The van der Waals surface area contributed by atoms with Gasteiger partial charge in [0, 0.05) is 65.3 Å². The molecule has 124 valence electrons. The first kappa shape index (κ1) is 15.5. The largest absolute Gasteiger partial charge is 0.324 e. The number of pyridine rings is 1. The molecule has 1 fully saturated rings. The van der Waals surface area contributed by atoms with Gasteiger partial charge in [0.25, 0.3) is 0 Å². The van der Waals surface area contributed by atoms with Crippen LogP contribution in [0.2, 0.25) is 0 Å². The summed E-state index contributed by atoms with van der Waals surface area (Å²) in [4.78, 5) is 14.2. The van der Waals surface area contributed by atoms with E-state index < -0.39 is 0 Å². The molecule has 5 heteroatoms. The molecule has 0 aromatic carbocycles. The molecule has 4 nitrogen and oxygen atoms in total. The number of nitrogens with zero attached hydrogens (tertiary/aromatic N) is 4. The van der Waals surface area contributed by atoms with Crippen LogP contribution in [0.3, 0.4) is 0 Å². The van der Waals surface area contributed by atoms with Crippen molar-refractivity contribution in [2.24, 2.45) is 0 Å². The minimum atomic E-state index is 0.497. The molecular weight excluding hydrogens is 316 g/mol. The van der Waals surface area contributed by atoms with Gasteiger partial charge in [-0.05, 0) is 44.5 Å². The Morgan fingerprint density at radius 3 is 2.75 bits per heavy atom. The van der Waals surface area contributed by atoms with E-state index in [-0.39, 0.29) is 0 Å². The van der Waals surface area contributed by atoms with Crippen molar-refractivity contribution in [3.8, 4) is 11.4 Å². The Morgan fingerprint density at radius 1 is 1.17 bits per heavy atom. The van der Waals surface area contributed by atoms with Gasteiger partial charge in [0.05, 0.1) is 0 Å². The zero-order chi connectivity index (χ0) is 16.5. The van der Waals surface area contributed by atoms with Gasteiger partial charge in [0.2, 0.25) is 0 Å². The molecule has 1 unspecified atom stereocenters. The molecular formula is C19H22N4S. The summed E-state index contributed by atoms with van der Waals surface area (Å²) in [5.41, 5.74) is 2.38. The molecule has 0 aliphatic carbocycles. The van der Waals surface area contributed by atoms with Gasteiger partial charge >= 0.3 is 0 Å². The normalized spacial score (nSPS) is 18.3. The number of aromatic nitrogens is 3. The lowest BCUT2D eigenvalue weighted by Crippen LogP contribution is -2.21. The minimum absolute atomic E-state index is 0.497. The third-order valence-electron chi connectivity index (χ3n) is 4.71. The second-order valence-electron chi connectivity index (χ2n) is 6.52. The zero-order valence-electron chi connectivity index (χ0n) is 14.1. The van der Waals surface area contributed by atoms with Gasteiger partial charge in [-0.25, -0.2) is 4.98 Å². The molecule has 3 aromatic rings. The van der Waals surface area contributed by atoms with Crippen LogP contribution in [0.5, 0.6) is 0 Å². The Labute approximate surface area is 146 Å². The van der Waals surface area contributed by atoms with Crippen molar-refractivity contribution >= 4 is 11.3 Å². The highest BCUT2D eigenvalue weighted by atomic mass is 32.1. The minimum Gasteiger partial charge on any atom is -0.324 e. The van der Waals surface area contributed by atoms with Crippen LogP contribution in [0, 0.1) is 13.8 Å². The van der Waals surface area contributed by atoms with E-state index in [0.29, 0.717) is 6.04 Å². The van der Waals surface area contributed by atoms with Crippen LogP contribution in [-0.2, 0) is 6.54 Å². The number of likely N-dealkylation sites (tertiary alicyclic amines) is 1. The van der Waals surface area contributed by atoms with E-state index in [2.05, 4.69) is 45.4 Å². The van der Waals surface area contributed by atoms with E-state index in [1.54, 1.807) is 0 Å². The predicted molar refractivity (Wildman–Crippen MR) is 98.2 cm³/mol. The Bertz CT molecular complexity index is 821. The van der Waals surface area contributed by atoms with Crippen LogP contribution in [0.4, 0.5) is 0 Å². The smallest absolute Gasteiger partial charge is 0.140 e. The molecule has 4 rings (SSSR count). The van der Waals surface area contributed by atoms with Gasteiger partial charge in [0.1, 0.15) is 5.82 Å². The number of thiophene rings is 1. The first-order valence-corrected chi connectivity index (χ1v) is 9.24. The van der Waals surface area contributed by atoms with E-state index in [1.165, 1.54) is 21.9 Å². The molecule has 0 amide bonds. The van der Waals surface area contributed by atoms with E-state index in [0.717, 1.165) is 31.0 Å². The molecule has 1 aliphatic rings. The van der Waals surface area contributed by atoms with Gasteiger partial charge in [-0.2, -0.15) is 0 Å². The number of hydrogen-bond donors (Lipinski definition) is 0. The SMILES string of the molecule is Cc1ccc(CN2CCC(n3c(C)cnc3-c3ccncc3)C2)s1. The molecule has 0 saturated carbocycles. The first-order valence-electron chi connectivity index (χ1n) is 8.42. The highest BCUT2D eigenvalue weighted by Crippen LogP contribution is 2.30. The molecule has 24 heavy (non-hydrogen) atoms. The van der Waals surface area contributed by atoms with Crippen molar-refractivity contribution in [2.45, 2.75) is 32.9 Å². The molecule has 3 aromatic heterocycles. The lowest BCUT2D eigenvalue weighted by Gasteiger charge is -2.19. The average molecular weight is 338 g/mol. The topological polar surface area (TPSA) is 34.0 Å². The van der Waals surface area contributed by atoms with E-state index >= 15 is 0 Å². The monoisotopic (exact) mass is 338 g/mol. The molecule has 1 saturated heterocycles. The number of rotatable bonds is 4. The van der Waals surface area contributed by atoms with Crippen LogP contribution in [0.15, 0.2) is 42.9 Å². The lowest BCUT2D eigenvalue weighted by molar-refractivity contribution is 0.318. The summed E-state index contributed by atoms with van der Waals surface area (Å²) < 4.78 is 2.41. The van der Waals surface area contributed by atoms with Crippen molar-refractivity contribution in [3.05, 3.63) is 58.3 Å². The summed E-state index contributed by atoms with van der Waals surface area (Å²) in [5.74, 6) is 1.06. The van der Waals surface area contributed by atoms with Gasteiger partial charge < -0.3 is 4.57 Å². The number of aryl methyl sites for hydroxylation is 2. The molecule has 0 bridgehead atoms. The van der Waals surface area contributed by atoms with E-state index in [1.807, 2.05) is 42.1 Å². The number of imidazole rings is 1. The predicted octanol–water partition coefficient (Wildman–Crippen LogP) is 4.07. The highest BCUT2D eigenvalue weighted by molar-refractivity contribution is 7.11. The van der Waals surface area contributed by atoms with Crippen molar-refractivity contribution in [3.63, 3.8) is 0 Å². The maximum absolute atomic E-state index is 4.66. The van der Waals surface area contributed by atoms with Crippen molar-refractivity contribution in [2.75, 3.05) is 13.1 Å². The Balaban J connectivity index is 1.54. The second-order valence-corrected chi connectivity index (χ2v) is 7.89. The fourth-order valence-corrected chi connectivity index (χ4v) is 4.51. The Morgan fingerprint density at radius 2 is 2.00 bits per heavy atom. The average Bonchev–Trinajstić information content (AvgIpc) is 3.29. The summed E-state index contributed by atoms with van der Waals surface area (Å²) in [6.45, 7) is 7.63. The molecule has 0 spiro atoms. The number of hydrogen-bond acceptors (Lipinski definition) is 4. The molecule has 4 heterocycles. The van der Waals surface area contributed by atoms with E-state index in [9.17, 15) is 0 Å². The summed E-state index contributed by atoms with van der Waals surface area (Å²) in [6, 6.07) is 9.06. The van der Waals surface area contributed by atoms with Gasteiger partial charge in [0.15, 0.2) is 0 Å². The fourth-order valence-electron chi connectivity index (χ4n) is 3.58. The molecule has 1 aliphatic heterocycles. The first-order chi connectivity index (χ1) is 11.7. The van der Waals surface area contributed by atoms with Crippen molar-refractivity contribution in [1.29, 1.82) is 0 Å². The van der Waals surface area contributed by atoms with Crippen LogP contribution < -0.4 is 0 Å². The van der Waals surface area contributed by atoms with Crippen molar-refractivity contribution in [1.82, 2.24) is 19.4 Å². The lowest BCUT2D eigenvalue weighted by atomic mass is 10.2. The van der Waals surface area contributed by atoms with Crippen molar-refractivity contribution < 1.29 is 0 Å². The van der Waals surface area contributed by atoms with E-state index in [4.69, 9.17) is 0 Å². The fraction of sp³-hybridized carbons (Fsp3) is 0.368. The standard InChI is InChI=1S/C19H22N4S/c1-14-11-21-19(16-5-8-20-9-6-16)23(14)17-7-10-22(12-17)13-18-4-3-15(2)24-18/h3-6,8-9,11,17H,7,10,12-13H2,1-2H3. The zero-order valence-corrected chi connectivity index (χ0v) is 15.0. The maximum Gasteiger partial charge on any atom is 0.140 e. The quantitative estimate of drug-likeness (QED) is 0.719. The van der Waals surface area contributed by atoms with Gasteiger partial charge in [-0.3, -0.25) is 9.88 Å².